The van der Waals surface area contributed by atoms with Crippen molar-refractivity contribution in [2.75, 3.05) is 0 Å². The summed E-state index contributed by atoms with van der Waals surface area (Å²) in [5.74, 6) is 0. The molecule has 0 spiro atoms. The third-order valence-corrected chi connectivity index (χ3v) is 1.22. The monoisotopic (exact) mass is 124 g/mol. The lowest BCUT2D eigenvalue weighted by Crippen LogP contribution is -1.67. The number of rotatable bonds is 1. The van der Waals surface area contributed by atoms with Gasteiger partial charge in [0.15, 0.2) is 0 Å². The zero-order valence-corrected chi connectivity index (χ0v) is 4.94. The molecule has 1 aromatic carbocycles. The van der Waals surface area contributed by atoms with Gasteiger partial charge in [-0.05, 0) is 6.07 Å². The highest BCUT2D eigenvalue weighted by molar-refractivity contribution is 7.65. The summed E-state index contributed by atoms with van der Waals surface area (Å²) < 4.78 is 10.0. The molecule has 1 nitrogen and oxygen atoms in total. The van der Waals surface area contributed by atoms with Crippen LogP contribution in [-0.2, 0) is 15.9 Å². The van der Waals surface area contributed by atoms with Crippen LogP contribution in [-0.4, -0.2) is 0 Å². The second-order valence-corrected chi connectivity index (χ2v) is 1.96. The predicted octanol–water partition coefficient (Wildman–Crippen LogP) is 1.27. The fraction of sp³-hybridized carbons (Fsp3) is 0. The van der Waals surface area contributed by atoms with Crippen LogP contribution in [0.4, 0.5) is 0 Å². The number of benzene rings is 1. The van der Waals surface area contributed by atoms with Gasteiger partial charge >= 0.3 is 11.7 Å². The van der Waals surface area contributed by atoms with Crippen LogP contribution in [0.15, 0.2) is 29.2 Å². The Balaban J connectivity index is 2.99. The average molecular weight is 124 g/mol. The van der Waals surface area contributed by atoms with E-state index in [1.165, 1.54) is 0 Å². The van der Waals surface area contributed by atoms with Gasteiger partial charge in [0.05, 0.1) is 0 Å². The first kappa shape index (κ1) is 5.38. The zero-order valence-electron chi connectivity index (χ0n) is 4.13. The molecule has 0 bridgehead atoms. The van der Waals surface area contributed by atoms with E-state index in [1.807, 2.05) is 0 Å². The van der Waals surface area contributed by atoms with Gasteiger partial charge in [-0.3, -0.25) is 0 Å². The third-order valence-electron chi connectivity index (χ3n) is 0.775. The summed E-state index contributed by atoms with van der Waals surface area (Å²) in [7, 11) is 0. The van der Waals surface area contributed by atoms with E-state index < -0.39 is 0 Å². The Morgan fingerprint density at radius 1 is 1.62 bits per heavy atom. The van der Waals surface area contributed by atoms with Crippen molar-refractivity contribution >= 4 is 11.7 Å². The van der Waals surface area contributed by atoms with Gasteiger partial charge in [0.2, 0.25) is 0 Å². The minimum atomic E-state index is 0.488. The van der Waals surface area contributed by atoms with Gasteiger partial charge in [0.1, 0.15) is 0 Å². The summed E-state index contributed by atoms with van der Waals surface area (Å²) in [6.45, 7) is 0. The van der Waals surface area contributed by atoms with Crippen molar-refractivity contribution in [1.82, 2.24) is 0 Å². The van der Waals surface area contributed by atoms with Crippen molar-refractivity contribution in [3.05, 3.63) is 30.3 Å². The third kappa shape index (κ3) is 1.10. The second-order valence-electron chi connectivity index (χ2n) is 1.32. The minimum Gasteiger partial charge on any atom is -0.0559 e. The van der Waals surface area contributed by atoms with Crippen molar-refractivity contribution in [2.45, 2.75) is 4.90 Å². The van der Waals surface area contributed by atoms with Gasteiger partial charge in [0.25, 0.3) is 4.90 Å². The smallest absolute Gasteiger partial charge is 0.0559 e. The van der Waals surface area contributed by atoms with E-state index >= 15 is 0 Å². The van der Waals surface area contributed by atoms with Crippen LogP contribution >= 0.6 is 0 Å². The molecule has 0 atom stereocenters. The maximum atomic E-state index is 10.0. The van der Waals surface area contributed by atoms with Crippen LogP contribution in [0.1, 0.15) is 0 Å². The van der Waals surface area contributed by atoms with Crippen LogP contribution in [0.25, 0.3) is 0 Å². The summed E-state index contributed by atoms with van der Waals surface area (Å²) in [6.07, 6.45) is 0. The highest BCUT2D eigenvalue weighted by Gasteiger charge is 2.00. The fourth-order valence-electron chi connectivity index (χ4n) is 0.429. The van der Waals surface area contributed by atoms with E-state index in [0.29, 0.717) is 16.6 Å². The van der Waals surface area contributed by atoms with Crippen LogP contribution < -0.4 is 0 Å². The molecule has 0 aromatic heterocycles. The highest BCUT2D eigenvalue weighted by atomic mass is 32.1. The molecule has 0 saturated carbocycles. The van der Waals surface area contributed by atoms with Crippen LogP contribution in [0, 0.1) is 6.07 Å². The van der Waals surface area contributed by atoms with E-state index in [1.54, 1.807) is 24.3 Å². The molecule has 0 heterocycles. The van der Waals surface area contributed by atoms with Gasteiger partial charge in [-0.1, -0.05) is 12.1 Å². The lowest BCUT2D eigenvalue weighted by molar-refractivity contribution is 0.605. The Morgan fingerprint density at radius 2 is 2.50 bits per heavy atom. The quantitative estimate of drug-likeness (QED) is 0.515. The van der Waals surface area contributed by atoms with Gasteiger partial charge in [0, 0.05) is 16.3 Å². The molecular weight excluding hydrogens is 120 g/mol. The molecule has 0 aliphatic rings. The normalized spacial score (nSPS) is 8.50. The molecule has 2 heteroatoms. The zero-order chi connectivity index (χ0) is 5.82. The Hall–Kier alpha value is -0.760. The van der Waals surface area contributed by atoms with E-state index in [9.17, 15) is 4.21 Å². The van der Waals surface area contributed by atoms with E-state index in [-0.39, 0.29) is 0 Å². The minimum absolute atomic E-state index is 0.488. The molecule has 0 N–H and O–H groups in total. The molecule has 8 heavy (non-hydrogen) atoms. The molecule has 1 aromatic rings. The predicted molar refractivity (Wildman–Crippen MR) is 31.6 cm³/mol. The summed E-state index contributed by atoms with van der Waals surface area (Å²) in [5, 5.41) is 0. The Morgan fingerprint density at radius 3 is 2.88 bits per heavy atom. The number of hydrogen-bond donors (Lipinski definition) is 0. The first-order valence-electron chi connectivity index (χ1n) is 2.19. The van der Waals surface area contributed by atoms with Crippen LogP contribution in [0.2, 0.25) is 0 Å². The first-order valence-corrected chi connectivity index (χ1v) is 2.93. The molecule has 1 radical (unpaired) electrons. The molecular formula is C6H4OS+. The maximum Gasteiger partial charge on any atom is 0.505 e. The largest absolute Gasteiger partial charge is 0.505 e. The summed E-state index contributed by atoms with van der Waals surface area (Å²) in [4.78, 5) is 0.715. The summed E-state index contributed by atoms with van der Waals surface area (Å²) in [5.41, 5.74) is 0. The standard InChI is InChI=1S/C6H4OS/c7-8-6-4-2-1-3-5-6/h1-2,4-5H/q+1. The van der Waals surface area contributed by atoms with Gasteiger partial charge in [-0.15, -0.1) is 0 Å². The lowest BCUT2D eigenvalue weighted by atomic mass is 10.4. The Labute approximate surface area is 51.8 Å². The topological polar surface area (TPSA) is 17.1 Å². The molecule has 0 amide bonds. The average Bonchev–Trinajstić information content (AvgIpc) is 1.90. The van der Waals surface area contributed by atoms with Crippen molar-refractivity contribution in [2.24, 2.45) is 0 Å². The molecule has 0 aliphatic heterocycles. The second kappa shape index (κ2) is 2.52. The van der Waals surface area contributed by atoms with Crippen LogP contribution in [0.3, 0.4) is 0 Å². The number of hydrogen-bond acceptors (Lipinski definition) is 1. The van der Waals surface area contributed by atoms with Gasteiger partial charge in [-0.25, -0.2) is 0 Å². The SMILES string of the molecule is O=[S+]c1c[c]ccc1. The van der Waals surface area contributed by atoms with Gasteiger partial charge in [-0.2, -0.15) is 0 Å². The van der Waals surface area contributed by atoms with Crippen molar-refractivity contribution in [3.8, 4) is 0 Å². The summed E-state index contributed by atoms with van der Waals surface area (Å²) in [6, 6.07) is 9.77. The first-order chi connectivity index (χ1) is 3.93. The molecule has 0 unspecified atom stereocenters. The lowest BCUT2D eigenvalue weighted by Gasteiger charge is -1.69. The molecule has 0 saturated heterocycles. The molecule has 0 aliphatic carbocycles. The van der Waals surface area contributed by atoms with E-state index in [2.05, 4.69) is 6.07 Å². The van der Waals surface area contributed by atoms with E-state index in [0.717, 1.165) is 0 Å². The van der Waals surface area contributed by atoms with Crippen molar-refractivity contribution in [3.63, 3.8) is 0 Å². The Kier molecular flexibility index (Phi) is 1.70. The van der Waals surface area contributed by atoms with Gasteiger partial charge < -0.3 is 0 Å². The summed E-state index contributed by atoms with van der Waals surface area (Å²) >= 11 is 0.488. The highest BCUT2D eigenvalue weighted by Crippen LogP contribution is 1.94. The fourth-order valence-corrected chi connectivity index (χ4v) is 0.679. The Bertz CT molecular complexity index is 171. The van der Waals surface area contributed by atoms with Crippen molar-refractivity contribution in [1.29, 1.82) is 0 Å². The van der Waals surface area contributed by atoms with E-state index in [4.69, 9.17) is 0 Å². The van der Waals surface area contributed by atoms with Crippen LogP contribution in [0.5, 0.6) is 0 Å². The molecule has 1 rings (SSSR count). The molecule has 0 fully saturated rings. The van der Waals surface area contributed by atoms with Crippen molar-refractivity contribution < 1.29 is 4.21 Å². The molecule has 39 valence electrons. The maximum absolute atomic E-state index is 10.0.